The normalized spacial score (nSPS) is 21.4. The standard InChI is InChI=1S/C17H25N3O3S.HI/c1-13-11-20(12-15(13)16(21)23-3)17(18-2)19-9-10-24(22)14-7-5-4-6-8-14;/h4-8,13,15H,9-12H2,1-3H3,(H,18,19);1H. The van der Waals surface area contributed by atoms with E-state index in [-0.39, 0.29) is 41.8 Å². The van der Waals surface area contributed by atoms with Crippen LogP contribution >= 0.6 is 24.0 Å². The number of halogens is 1. The molecule has 0 aromatic heterocycles. The van der Waals surface area contributed by atoms with Gasteiger partial charge in [-0.1, -0.05) is 25.1 Å². The Morgan fingerprint density at radius 3 is 2.64 bits per heavy atom. The molecule has 1 aliphatic heterocycles. The largest absolute Gasteiger partial charge is 0.469 e. The Morgan fingerprint density at radius 1 is 1.36 bits per heavy atom. The highest BCUT2D eigenvalue weighted by Crippen LogP contribution is 2.24. The van der Waals surface area contributed by atoms with E-state index in [1.165, 1.54) is 7.11 Å². The second kappa shape index (κ2) is 10.7. The number of nitrogens with one attached hydrogen (secondary N) is 1. The first-order valence-electron chi connectivity index (χ1n) is 8.03. The molecule has 0 amide bonds. The van der Waals surface area contributed by atoms with Crippen LogP contribution in [-0.4, -0.2) is 60.6 Å². The second-order valence-corrected chi connectivity index (χ2v) is 7.42. The van der Waals surface area contributed by atoms with Gasteiger partial charge in [0.1, 0.15) is 0 Å². The summed E-state index contributed by atoms with van der Waals surface area (Å²) in [6.45, 7) is 3.94. The summed E-state index contributed by atoms with van der Waals surface area (Å²) in [6.07, 6.45) is 0. The van der Waals surface area contributed by atoms with Crippen molar-refractivity contribution in [2.75, 3.05) is 39.5 Å². The third-order valence-corrected chi connectivity index (χ3v) is 5.58. The molecule has 8 heteroatoms. The zero-order chi connectivity index (χ0) is 17.5. The fourth-order valence-electron chi connectivity index (χ4n) is 2.88. The smallest absolute Gasteiger partial charge is 0.310 e. The SMILES string of the molecule is CN=C(NCCS(=O)c1ccccc1)N1CC(C)C(C(=O)OC)C1.I. The monoisotopic (exact) mass is 479 g/mol. The number of methoxy groups -OCH3 is 1. The van der Waals surface area contributed by atoms with Crippen molar-refractivity contribution >= 4 is 46.7 Å². The van der Waals surface area contributed by atoms with Crippen molar-refractivity contribution in [2.45, 2.75) is 11.8 Å². The summed E-state index contributed by atoms with van der Waals surface area (Å²) in [6, 6.07) is 9.42. The lowest BCUT2D eigenvalue weighted by Crippen LogP contribution is -2.42. The molecule has 6 nitrogen and oxygen atoms in total. The fraction of sp³-hybridized carbons (Fsp3) is 0.529. The van der Waals surface area contributed by atoms with Crippen molar-refractivity contribution in [3.63, 3.8) is 0 Å². The van der Waals surface area contributed by atoms with E-state index in [9.17, 15) is 9.00 Å². The number of carbonyl (C=O) groups excluding carboxylic acids is 1. The van der Waals surface area contributed by atoms with Crippen molar-refractivity contribution in [1.29, 1.82) is 0 Å². The van der Waals surface area contributed by atoms with Gasteiger partial charge < -0.3 is 15.0 Å². The third-order valence-electron chi connectivity index (χ3n) is 4.20. The van der Waals surface area contributed by atoms with E-state index in [4.69, 9.17) is 4.74 Å². The van der Waals surface area contributed by atoms with E-state index in [0.29, 0.717) is 18.8 Å². The minimum atomic E-state index is -1.04. The molecule has 25 heavy (non-hydrogen) atoms. The van der Waals surface area contributed by atoms with Gasteiger partial charge in [-0.05, 0) is 18.1 Å². The summed E-state index contributed by atoms with van der Waals surface area (Å²) >= 11 is 0. The summed E-state index contributed by atoms with van der Waals surface area (Å²) in [5, 5.41) is 3.24. The Labute approximate surface area is 168 Å². The van der Waals surface area contributed by atoms with Crippen LogP contribution in [0.5, 0.6) is 0 Å². The summed E-state index contributed by atoms with van der Waals surface area (Å²) in [5.74, 6) is 1.15. The molecule has 1 aromatic rings. The van der Waals surface area contributed by atoms with Gasteiger partial charge in [-0.15, -0.1) is 24.0 Å². The lowest BCUT2D eigenvalue weighted by molar-refractivity contribution is -0.145. The summed E-state index contributed by atoms with van der Waals surface area (Å²) in [4.78, 5) is 18.9. The molecule has 1 saturated heterocycles. The number of nitrogens with zero attached hydrogens (tertiary/aromatic N) is 2. The van der Waals surface area contributed by atoms with Gasteiger partial charge in [0, 0.05) is 37.3 Å². The summed E-state index contributed by atoms with van der Waals surface area (Å²) in [7, 11) is 2.10. The lowest BCUT2D eigenvalue weighted by Gasteiger charge is -2.21. The average molecular weight is 479 g/mol. The van der Waals surface area contributed by atoms with Crippen LogP contribution in [0.1, 0.15) is 6.92 Å². The highest BCUT2D eigenvalue weighted by molar-refractivity contribution is 14.0. The predicted molar refractivity (Wildman–Crippen MR) is 111 cm³/mol. The number of guanidine groups is 1. The van der Waals surface area contributed by atoms with Crippen LogP contribution in [-0.2, 0) is 20.3 Å². The van der Waals surface area contributed by atoms with Crippen LogP contribution in [0.2, 0.25) is 0 Å². The molecule has 0 aliphatic carbocycles. The van der Waals surface area contributed by atoms with Gasteiger partial charge in [-0.2, -0.15) is 0 Å². The van der Waals surface area contributed by atoms with Gasteiger partial charge in [0.05, 0.1) is 23.8 Å². The van der Waals surface area contributed by atoms with E-state index in [1.54, 1.807) is 7.05 Å². The molecule has 3 unspecified atom stereocenters. The van der Waals surface area contributed by atoms with E-state index in [1.807, 2.05) is 37.3 Å². The molecule has 2 rings (SSSR count). The van der Waals surface area contributed by atoms with Crippen LogP contribution in [0.15, 0.2) is 40.2 Å². The molecule has 0 saturated carbocycles. The molecule has 1 fully saturated rings. The molecular formula is C17H26IN3O3S. The van der Waals surface area contributed by atoms with Crippen molar-refractivity contribution < 1.29 is 13.7 Å². The minimum Gasteiger partial charge on any atom is -0.469 e. The van der Waals surface area contributed by atoms with Crippen molar-refractivity contribution in [1.82, 2.24) is 10.2 Å². The maximum Gasteiger partial charge on any atom is 0.310 e. The van der Waals surface area contributed by atoms with Crippen LogP contribution in [0.25, 0.3) is 0 Å². The van der Waals surface area contributed by atoms with Crippen molar-refractivity contribution in [2.24, 2.45) is 16.8 Å². The summed E-state index contributed by atoms with van der Waals surface area (Å²) in [5.41, 5.74) is 0. The summed E-state index contributed by atoms with van der Waals surface area (Å²) < 4.78 is 17.1. The minimum absolute atomic E-state index is 0. The molecule has 1 N–H and O–H groups in total. The topological polar surface area (TPSA) is 71.0 Å². The Morgan fingerprint density at radius 2 is 2.04 bits per heavy atom. The van der Waals surface area contributed by atoms with Gasteiger partial charge >= 0.3 is 5.97 Å². The molecule has 1 aromatic carbocycles. The highest BCUT2D eigenvalue weighted by atomic mass is 127. The number of benzene rings is 1. The van der Waals surface area contributed by atoms with E-state index < -0.39 is 10.8 Å². The zero-order valence-corrected chi connectivity index (χ0v) is 18.0. The molecule has 1 heterocycles. The molecule has 0 spiro atoms. The van der Waals surface area contributed by atoms with E-state index in [2.05, 4.69) is 15.2 Å². The Bertz CT molecular complexity index is 612. The second-order valence-electron chi connectivity index (χ2n) is 5.85. The molecule has 140 valence electrons. The number of ether oxygens (including phenoxy) is 1. The molecule has 0 bridgehead atoms. The van der Waals surface area contributed by atoms with Crippen molar-refractivity contribution in [3.05, 3.63) is 30.3 Å². The average Bonchev–Trinajstić information content (AvgIpc) is 3.00. The van der Waals surface area contributed by atoms with Crippen LogP contribution < -0.4 is 5.32 Å². The highest BCUT2D eigenvalue weighted by Gasteiger charge is 2.36. The fourth-order valence-corrected chi connectivity index (χ4v) is 3.86. The van der Waals surface area contributed by atoms with Crippen LogP contribution in [0.4, 0.5) is 0 Å². The molecule has 0 radical (unpaired) electrons. The Hall–Kier alpha value is -1.16. The van der Waals surface area contributed by atoms with Crippen LogP contribution in [0.3, 0.4) is 0 Å². The Kier molecular flexibility index (Phi) is 9.41. The lowest BCUT2D eigenvalue weighted by atomic mass is 9.99. The van der Waals surface area contributed by atoms with Crippen molar-refractivity contribution in [3.8, 4) is 0 Å². The first-order valence-corrected chi connectivity index (χ1v) is 9.35. The van der Waals surface area contributed by atoms with Gasteiger partial charge in [0.15, 0.2) is 5.96 Å². The number of esters is 1. The number of likely N-dealkylation sites (tertiary alicyclic amines) is 1. The number of hydrogen-bond donors (Lipinski definition) is 1. The van der Waals surface area contributed by atoms with Gasteiger partial charge in [-0.3, -0.25) is 14.0 Å². The third kappa shape index (κ3) is 5.95. The van der Waals surface area contributed by atoms with Crippen LogP contribution in [0, 0.1) is 11.8 Å². The molecular weight excluding hydrogens is 453 g/mol. The first-order chi connectivity index (χ1) is 11.6. The van der Waals surface area contributed by atoms with E-state index in [0.717, 1.165) is 17.4 Å². The predicted octanol–water partition coefficient (Wildman–Crippen LogP) is 1.73. The van der Waals surface area contributed by atoms with Gasteiger partial charge in [0.2, 0.25) is 0 Å². The van der Waals surface area contributed by atoms with Gasteiger partial charge in [0.25, 0.3) is 0 Å². The first kappa shape index (κ1) is 21.9. The maximum atomic E-state index is 12.2. The zero-order valence-electron chi connectivity index (χ0n) is 14.8. The number of carbonyl (C=O) groups is 1. The number of hydrogen-bond acceptors (Lipinski definition) is 4. The maximum absolute atomic E-state index is 12.2. The van der Waals surface area contributed by atoms with Gasteiger partial charge in [-0.25, -0.2) is 0 Å². The number of rotatable bonds is 5. The Balaban J connectivity index is 0.00000312. The van der Waals surface area contributed by atoms with E-state index >= 15 is 0 Å². The quantitative estimate of drug-likeness (QED) is 0.302. The molecule has 1 aliphatic rings. The molecule has 3 atom stereocenters. The number of aliphatic imine (C=N–C) groups is 1.